The van der Waals surface area contributed by atoms with E-state index in [0.29, 0.717) is 23.0 Å². The zero-order chi connectivity index (χ0) is 17.4. The Kier molecular flexibility index (Phi) is 6.25. The van der Waals surface area contributed by atoms with E-state index in [9.17, 15) is 4.79 Å². The molecule has 0 atom stereocenters. The molecule has 0 fully saturated rings. The summed E-state index contributed by atoms with van der Waals surface area (Å²) in [6.45, 7) is 3.91. The predicted molar refractivity (Wildman–Crippen MR) is 90.5 cm³/mol. The van der Waals surface area contributed by atoms with Crippen molar-refractivity contribution in [3.8, 4) is 23.0 Å². The standard InChI is InChI=1S/C19H20O5/c1-14(2)22-15-7-6-8-16(13-15)23-17-9-4-5-10-18(17)24-19(20)11-12-21-3/h4-14H,1-3H3. The number of para-hydroxylation sites is 2. The predicted octanol–water partition coefficient (Wildman–Crippen LogP) is 4.33. The summed E-state index contributed by atoms with van der Waals surface area (Å²) in [5.74, 6) is 1.49. The molecule has 5 nitrogen and oxygen atoms in total. The van der Waals surface area contributed by atoms with Crippen molar-refractivity contribution < 1.29 is 23.7 Å². The molecule has 24 heavy (non-hydrogen) atoms. The van der Waals surface area contributed by atoms with E-state index in [-0.39, 0.29) is 6.10 Å². The molecule has 0 saturated heterocycles. The van der Waals surface area contributed by atoms with Gasteiger partial charge in [0, 0.05) is 6.07 Å². The fourth-order valence-corrected chi connectivity index (χ4v) is 1.89. The van der Waals surface area contributed by atoms with Gasteiger partial charge in [-0.3, -0.25) is 0 Å². The largest absolute Gasteiger partial charge is 0.504 e. The summed E-state index contributed by atoms with van der Waals surface area (Å²) < 4.78 is 21.4. The molecule has 5 heteroatoms. The third kappa shape index (κ3) is 5.35. The van der Waals surface area contributed by atoms with Gasteiger partial charge in [0.25, 0.3) is 0 Å². The molecule has 0 radical (unpaired) electrons. The lowest BCUT2D eigenvalue weighted by atomic mass is 10.3. The molecule has 0 N–H and O–H groups in total. The minimum atomic E-state index is -0.551. The normalized spacial score (nSPS) is 10.7. The molecule has 0 aliphatic heterocycles. The van der Waals surface area contributed by atoms with Gasteiger partial charge in [-0.2, -0.15) is 0 Å². The van der Waals surface area contributed by atoms with Gasteiger partial charge in [-0.25, -0.2) is 4.79 Å². The quantitative estimate of drug-likeness (QED) is 0.328. The van der Waals surface area contributed by atoms with Crippen LogP contribution < -0.4 is 14.2 Å². The number of esters is 1. The van der Waals surface area contributed by atoms with Gasteiger partial charge in [0.1, 0.15) is 11.5 Å². The summed E-state index contributed by atoms with van der Waals surface area (Å²) >= 11 is 0. The molecule has 0 saturated carbocycles. The second-order valence-corrected chi connectivity index (χ2v) is 5.15. The second kappa shape index (κ2) is 8.62. The molecule has 2 aromatic rings. The molecule has 0 aromatic heterocycles. The first-order valence-corrected chi connectivity index (χ1v) is 7.53. The Hall–Kier alpha value is -2.95. The van der Waals surface area contributed by atoms with Crippen LogP contribution in [0.25, 0.3) is 0 Å². The Morgan fingerprint density at radius 3 is 2.42 bits per heavy atom. The van der Waals surface area contributed by atoms with Crippen LogP contribution in [0, 0.1) is 0 Å². The topological polar surface area (TPSA) is 54.0 Å². The Bertz CT molecular complexity index is 706. The summed E-state index contributed by atoms with van der Waals surface area (Å²) in [7, 11) is 1.45. The van der Waals surface area contributed by atoms with E-state index in [4.69, 9.17) is 18.9 Å². The SMILES string of the molecule is COC=CC(=O)Oc1ccccc1Oc1cccc(OC(C)C)c1. The lowest BCUT2D eigenvalue weighted by Crippen LogP contribution is -2.06. The van der Waals surface area contributed by atoms with Crippen molar-refractivity contribution in [1.82, 2.24) is 0 Å². The van der Waals surface area contributed by atoms with E-state index < -0.39 is 5.97 Å². The second-order valence-electron chi connectivity index (χ2n) is 5.15. The van der Waals surface area contributed by atoms with Crippen LogP contribution in [0.4, 0.5) is 0 Å². The van der Waals surface area contributed by atoms with E-state index >= 15 is 0 Å². The summed E-state index contributed by atoms with van der Waals surface area (Å²) in [6.07, 6.45) is 2.51. The zero-order valence-electron chi connectivity index (χ0n) is 13.9. The molecule has 0 aliphatic rings. The third-order valence-electron chi connectivity index (χ3n) is 2.81. The van der Waals surface area contributed by atoms with Crippen molar-refractivity contribution >= 4 is 5.97 Å². The summed E-state index contributed by atoms with van der Waals surface area (Å²) in [5, 5.41) is 0. The summed E-state index contributed by atoms with van der Waals surface area (Å²) in [4.78, 5) is 11.7. The zero-order valence-corrected chi connectivity index (χ0v) is 13.9. The van der Waals surface area contributed by atoms with Gasteiger partial charge in [0.05, 0.1) is 25.6 Å². The highest BCUT2D eigenvalue weighted by atomic mass is 16.6. The number of hydrogen-bond acceptors (Lipinski definition) is 5. The van der Waals surface area contributed by atoms with Gasteiger partial charge in [-0.1, -0.05) is 18.2 Å². The minimum Gasteiger partial charge on any atom is -0.504 e. The number of rotatable bonds is 7. The van der Waals surface area contributed by atoms with E-state index in [0.717, 1.165) is 0 Å². The van der Waals surface area contributed by atoms with E-state index in [1.807, 2.05) is 26.0 Å². The van der Waals surface area contributed by atoms with Crippen LogP contribution in [0.3, 0.4) is 0 Å². The van der Waals surface area contributed by atoms with E-state index in [1.54, 1.807) is 36.4 Å². The molecule has 0 unspecified atom stereocenters. The highest BCUT2D eigenvalue weighted by Gasteiger charge is 2.10. The first-order chi connectivity index (χ1) is 11.6. The smallest absolute Gasteiger partial charge is 0.339 e. The van der Waals surface area contributed by atoms with Gasteiger partial charge < -0.3 is 18.9 Å². The number of carbonyl (C=O) groups is 1. The van der Waals surface area contributed by atoms with E-state index in [1.165, 1.54) is 19.4 Å². The molecular formula is C19H20O5. The summed E-state index contributed by atoms with van der Waals surface area (Å²) in [6, 6.07) is 14.2. The van der Waals surface area contributed by atoms with Gasteiger partial charge in [0.2, 0.25) is 0 Å². The number of hydrogen-bond donors (Lipinski definition) is 0. The monoisotopic (exact) mass is 328 g/mol. The van der Waals surface area contributed by atoms with Crippen LogP contribution in [-0.4, -0.2) is 19.2 Å². The van der Waals surface area contributed by atoms with Crippen LogP contribution in [0.1, 0.15) is 13.8 Å². The Morgan fingerprint density at radius 1 is 1.00 bits per heavy atom. The Balaban J connectivity index is 2.15. The molecule has 0 aliphatic carbocycles. The molecular weight excluding hydrogens is 308 g/mol. The Labute approximate surface area is 141 Å². The van der Waals surface area contributed by atoms with Gasteiger partial charge in [0.15, 0.2) is 11.5 Å². The van der Waals surface area contributed by atoms with Gasteiger partial charge in [-0.05, 0) is 38.1 Å². The number of ether oxygens (including phenoxy) is 4. The van der Waals surface area contributed by atoms with Crippen LogP contribution >= 0.6 is 0 Å². The average Bonchev–Trinajstić information content (AvgIpc) is 2.54. The average molecular weight is 328 g/mol. The van der Waals surface area contributed by atoms with Gasteiger partial charge >= 0.3 is 5.97 Å². The maximum Gasteiger partial charge on any atom is 0.339 e. The van der Waals surface area contributed by atoms with Crippen molar-refractivity contribution in [1.29, 1.82) is 0 Å². The molecule has 2 rings (SSSR count). The van der Waals surface area contributed by atoms with Crippen LogP contribution in [0.5, 0.6) is 23.0 Å². The molecule has 0 spiro atoms. The molecule has 126 valence electrons. The van der Waals surface area contributed by atoms with Crippen molar-refractivity contribution in [3.63, 3.8) is 0 Å². The van der Waals surface area contributed by atoms with Crippen molar-refractivity contribution in [2.45, 2.75) is 20.0 Å². The third-order valence-corrected chi connectivity index (χ3v) is 2.81. The van der Waals surface area contributed by atoms with Crippen molar-refractivity contribution in [3.05, 3.63) is 60.9 Å². The number of methoxy groups -OCH3 is 1. The minimum absolute atomic E-state index is 0.0704. The lowest BCUT2D eigenvalue weighted by molar-refractivity contribution is -0.129. The molecule has 0 bridgehead atoms. The molecule has 0 amide bonds. The van der Waals surface area contributed by atoms with Crippen LogP contribution in [0.2, 0.25) is 0 Å². The fraction of sp³-hybridized carbons (Fsp3) is 0.211. The first-order valence-electron chi connectivity index (χ1n) is 7.53. The summed E-state index contributed by atoms with van der Waals surface area (Å²) in [5.41, 5.74) is 0. The first kappa shape index (κ1) is 17.4. The molecule has 2 aromatic carbocycles. The van der Waals surface area contributed by atoms with E-state index in [2.05, 4.69) is 0 Å². The van der Waals surface area contributed by atoms with Crippen LogP contribution in [-0.2, 0) is 9.53 Å². The number of carbonyl (C=O) groups excluding carboxylic acids is 1. The highest BCUT2D eigenvalue weighted by molar-refractivity contribution is 5.84. The number of benzene rings is 2. The van der Waals surface area contributed by atoms with Crippen LogP contribution in [0.15, 0.2) is 60.9 Å². The highest BCUT2D eigenvalue weighted by Crippen LogP contribution is 2.32. The maximum atomic E-state index is 11.7. The lowest BCUT2D eigenvalue weighted by Gasteiger charge is -2.13. The Morgan fingerprint density at radius 2 is 1.71 bits per heavy atom. The van der Waals surface area contributed by atoms with Gasteiger partial charge in [-0.15, -0.1) is 0 Å². The molecule has 0 heterocycles. The maximum absolute atomic E-state index is 11.7. The fourth-order valence-electron chi connectivity index (χ4n) is 1.89. The van der Waals surface area contributed by atoms with Crippen molar-refractivity contribution in [2.24, 2.45) is 0 Å². The van der Waals surface area contributed by atoms with Crippen molar-refractivity contribution in [2.75, 3.05) is 7.11 Å².